The summed E-state index contributed by atoms with van der Waals surface area (Å²) in [5.41, 5.74) is 4.45. The lowest BCUT2D eigenvalue weighted by atomic mass is 10.1. The van der Waals surface area contributed by atoms with Crippen LogP contribution in [0, 0.1) is 36.5 Å². The predicted octanol–water partition coefficient (Wildman–Crippen LogP) is 10.1. The number of aliphatic hydroxyl groups is 1. The molecule has 0 radical (unpaired) electrons. The fourth-order valence-electron chi connectivity index (χ4n) is 5.56. The van der Waals surface area contributed by atoms with Gasteiger partial charge in [0.2, 0.25) is 11.8 Å². The maximum atomic E-state index is 12.8. The molecule has 2 aromatic heterocycles. The van der Waals surface area contributed by atoms with Gasteiger partial charge in [-0.15, -0.1) is 0 Å². The molecule has 0 unspecified atom stereocenters. The minimum absolute atomic E-state index is 0.0105. The van der Waals surface area contributed by atoms with E-state index in [-0.39, 0.29) is 26.4 Å². The number of fused-ring (bicyclic) bond motifs is 2. The quantitative estimate of drug-likeness (QED) is 0.108. The number of ether oxygens (including phenoxy) is 1. The topological polar surface area (TPSA) is 129 Å². The van der Waals surface area contributed by atoms with Gasteiger partial charge in [-0.1, -0.05) is 24.3 Å². The lowest BCUT2D eigenvalue weighted by molar-refractivity contribution is -0.374. The third-order valence-corrected chi connectivity index (χ3v) is 8.72. The summed E-state index contributed by atoms with van der Waals surface area (Å²) in [5, 5.41) is 26.9. The van der Waals surface area contributed by atoms with Crippen LogP contribution in [0.1, 0.15) is 53.1 Å². The van der Waals surface area contributed by atoms with Crippen molar-refractivity contribution >= 4 is 22.2 Å². The van der Waals surface area contributed by atoms with E-state index in [4.69, 9.17) is 24.5 Å². The van der Waals surface area contributed by atoms with Crippen LogP contribution in [0.3, 0.4) is 0 Å². The highest BCUT2D eigenvalue weighted by molar-refractivity contribution is 5.81. The van der Waals surface area contributed by atoms with Crippen LogP contribution in [-0.4, -0.2) is 46.2 Å². The number of aryl methyl sites for hydroxylation is 4. The second-order valence-corrected chi connectivity index (χ2v) is 12.7. The average Bonchev–Trinajstić information content (AvgIpc) is 3.78. The van der Waals surface area contributed by atoms with Gasteiger partial charge in [0.05, 0.1) is 23.3 Å². The zero-order valence-corrected chi connectivity index (χ0v) is 29.4. The fourth-order valence-corrected chi connectivity index (χ4v) is 5.56. The number of aromatic nitrogens is 2. The molecule has 0 saturated carbocycles. The Kier molecular flexibility index (Phi) is 11.8. The van der Waals surface area contributed by atoms with Crippen LogP contribution in [0.2, 0.25) is 0 Å². The molecule has 0 saturated heterocycles. The lowest BCUT2D eigenvalue weighted by Gasteiger charge is -2.33. The lowest BCUT2D eigenvalue weighted by Crippen LogP contribution is -2.56. The molecule has 54 heavy (non-hydrogen) atoms. The van der Waals surface area contributed by atoms with Gasteiger partial charge in [0, 0.05) is 24.3 Å². The van der Waals surface area contributed by atoms with Crippen LogP contribution in [-0.2, 0) is 17.6 Å². The van der Waals surface area contributed by atoms with Gasteiger partial charge in [-0.3, -0.25) is 0 Å². The highest BCUT2D eigenvalue weighted by Crippen LogP contribution is 2.45. The van der Waals surface area contributed by atoms with Crippen molar-refractivity contribution in [3.8, 4) is 35.0 Å². The maximum Gasteiger partial charge on any atom is 0.426 e. The summed E-state index contributed by atoms with van der Waals surface area (Å²) in [4.78, 5) is 8.87. The van der Waals surface area contributed by atoms with Gasteiger partial charge in [-0.05, 0) is 117 Å². The predicted molar refractivity (Wildman–Crippen MR) is 188 cm³/mol. The molecule has 0 fully saturated rings. The molecule has 4 aromatic carbocycles. The van der Waals surface area contributed by atoms with E-state index in [1.54, 1.807) is 55.5 Å². The molecule has 8 nitrogen and oxygen atoms in total. The molecule has 6 aromatic rings. The molecule has 0 aliphatic carbocycles. The third kappa shape index (κ3) is 8.73. The number of rotatable bonds is 10. The Bertz CT molecular complexity index is 2300. The first-order valence-corrected chi connectivity index (χ1v) is 16.8. The number of alkyl halides is 6. The maximum absolute atomic E-state index is 12.8. The molecule has 1 N–H and O–H groups in total. The average molecular weight is 749 g/mol. The summed E-state index contributed by atoms with van der Waals surface area (Å²) in [6.45, 7) is 3.20. The van der Waals surface area contributed by atoms with Gasteiger partial charge < -0.3 is 18.7 Å². The van der Waals surface area contributed by atoms with Crippen molar-refractivity contribution in [3.63, 3.8) is 0 Å². The van der Waals surface area contributed by atoms with Gasteiger partial charge in [0.1, 0.15) is 11.0 Å². The van der Waals surface area contributed by atoms with Gasteiger partial charge >= 0.3 is 12.4 Å². The SMILES string of the molecule is Cc1cc(C#N)cc2nc(-c3ccc(CCCO)cc3)oc12.Cc1cc(C#N)cc2nc(-c3ccc(CCCOC(C)(C(F)(F)F)C(F)(F)F)cc3)oc12. The first-order valence-electron chi connectivity index (χ1n) is 16.8. The highest BCUT2D eigenvalue weighted by Gasteiger charge is 2.69. The van der Waals surface area contributed by atoms with Crippen molar-refractivity contribution in [1.82, 2.24) is 9.97 Å². The van der Waals surface area contributed by atoms with E-state index in [0.29, 0.717) is 50.7 Å². The summed E-state index contributed by atoms with van der Waals surface area (Å²) in [6, 6.07) is 25.8. The molecular formula is C40H34F6N4O4. The summed E-state index contributed by atoms with van der Waals surface area (Å²) in [7, 11) is 0. The number of nitriles is 2. The highest BCUT2D eigenvalue weighted by atomic mass is 19.4. The fraction of sp³-hybridized carbons (Fsp3) is 0.300. The van der Waals surface area contributed by atoms with E-state index in [9.17, 15) is 26.3 Å². The monoisotopic (exact) mass is 748 g/mol. The summed E-state index contributed by atoms with van der Waals surface area (Å²) in [5.74, 6) is 0.890. The van der Waals surface area contributed by atoms with Crippen molar-refractivity contribution in [2.45, 2.75) is 64.4 Å². The summed E-state index contributed by atoms with van der Waals surface area (Å²) in [6.07, 6.45) is -9.32. The van der Waals surface area contributed by atoms with E-state index < -0.39 is 24.6 Å². The Morgan fingerprint density at radius 2 is 1.07 bits per heavy atom. The number of nitrogens with zero attached hydrogens (tertiary/aromatic N) is 4. The van der Waals surface area contributed by atoms with Crippen LogP contribution in [0.15, 0.2) is 81.6 Å². The van der Waals surface area contributed by atoms with E-state index in [0.717, 1.165) is 35.1 Å². The largest absolute Gasteiger partial charge is 0.436 e. The zero-order valence-electron chi connectivity index (χ0n) is 29.4. The molecule has 0 bridgehead atoms. The molecule has 0 aliphatic heterocycles. The van der Waals surface area contributed by atoms with Crippen molar-refractivity contribution in [3.05, 3.63) is 106 Å². The summed E-state index contributed by atoms with van der Waals surface area (Å²) >= 11 is 0. The molecule has 6 rings (SSSR count). The van der Waals surface area contributed by atoms with Gasteiger partial charge in [0.15, 0.2) is 11.2 Å². The van der Waals surface area contributed by atoms with Crippen molar-refractivity contribution in [2.75, 3.05) is 13.2 Å². The van der Waals surface area contributed by atoms with Crippen LogP contribution in [0.25, 0.3) is 45.1 Å². The Morgan fingerprint density at radius 1 is 0.667 bits per heavy atom. The van der Waals surface area contributed by atoms with Gasteiger partial charge in [-0.2, -0.15) is 36.9 Å². The van der Waals surface area contributed by atoms with Crippen molar-refractivity contribution in [1.29, 1.82) is 10.5 Å². The minimum Gasteiger partial charge on any atom is -0.436 e. The second-order valence-electron chi connectivity index (χ2n) is 12.7. The van der Waals surface area contributed by atoms with E-state index in [2.05, 4.69) is 20.8 Å². The second kappa shape index (κ2) is 16.1. The molecule has 2 heterocycles. The molecule has 0 atom stereocenters. The minimum atomic E-state index is -5.57. The van der Waals surface area contributed by atoms with Crippen LogP contribution < -0.4 is 0 Å². The zero-order chi connectivity index (χ0) is 39.3. The molecule has 280 valence electrons. The van der Waals surface area contributed by atoms with Crippen LogP contribution in [0.5, 0.6) is 0 Å². The summed E-state index contributed by atoms with van der Waals surface area (Å²) < 4.78 is 92.8. The Morgan fingerprint density at radius 3 is 1.44 bits per heavy atom. The number of hydrogen-bond acceptors (Lipinski definition) is 8. The van der Waals surface area contributed by atoms with E-state index >= 15 is 0 Å². The van der Waals surface area contributed by atoms with E-state index in [1.165, 1.54) is 5.56 Å². The van der Waals surface area contributed by atoms with Crippen molar-refractivity contribution in [2.24, 2.45) is 0 Å². The first-order chi connectivity index (χ1) is 25.6. The Labute approximate surface area is 306 Å². The molecule has 0 spiro atoms. The van der Waals surface area contributed by atoms with Crippen LogP contribution in [0.4, 0.5) is 26.3 Å². The Hall–Kier alpha value is -5.70. The number of halogens is 6. The molecule has 14 heteroatoms. The standard InChI is InChI=1S/C22H18F6N2O2.C18H16N2O2/c1-13-10-15(12-29)11-17-18(13)32-19(30-17)16-7-5-14(6-8-16)4-3-9-31-20(2,21(23,24)25)22(26,27)28;1-12-9-14(11-19)10-16-17(12)22-18(20-16)15-6-4-13(5-7-15)3-2-8-21/h5-8,10-11H,3-4,9H2,1-2H3;4-7,9-10,21H,2-3,8H2,1H3. The molecule has 0 aliphatic rings. The number of benzene rings is 4. The Balaban J connectivity index is 0.000000222. The number of aliphatic hydroxyl groups excluding tert-OH is 1. The smallest absolute Gasteiger partial charge is 0.426 e. The number of oxazole rings is 2. The van der Waals surface area contributed by atoms with Crippen LogP contribution >= 0.6 is 0 Å². The third-order valence-electron chi connectivity index (χ3n) is 8.72. The molecular weight excluding hydrogens is 714 g/mol. The van der Waals surface area contributed by atoms with Gasteiger partial charge in [0.25, 0.3) is 5.60 Å². The first kappa shape index (κ1) is 39.5. The van der Waals surface area contributed by atoms with E-state index in [1.807, 2.05) is 37.3 Å². The molecule has 0 amide bonds. The normalized spacial score (nSPS) is 12.0. The number of hydrogen-bond donors (Lipinski definition) is 1. The van der Waals surface area contributed by atoms with Gasteiger partial charge in [-0.25, -0.2) is 9.97 Å². The van der Waals surface area contributed by atoms with Crippen molar-refractivity contribution < 1.29 is 45.0 Å².